The number of halogens is 1. The molecular weight excluding hydrogens is 212 g/mol. The van der Waals surface area contributed by atoms with Crippen LogP contribution >= 0.6 is 11.6 Å². The van der Waals surface area contributed by atoms with Gasteiger partial charge in [0.25, 0.3) is 0 Å². The largest absolute Gasteiger partial charge is 0.347 e. The number of alkyl halides is 1. The summed E-state index contributed by atoms with van der Waals surface area (Å²) in [5.41, 5.74) is 0.427. The van der Waals surface area contributed by atoms with Crippen molar-refractivity contribution in [3.8, 4) is 0 Å². The summed E-state index contributed by atoms with van der Waals surface area (Å²) in [6.45, 7) is 7.54. The Morgan fingerprint density at radius 3 is 2.60 bits per heavy atom. The van der Waals surface area contributed by atoms with Crippen molar-refractivity contribution >= 4 is 11.6 Å². The van der Waals surface area contributed by atoms with E-state index in [1.807, 2.05) is 0 Å². The molecule has 0 aromatic carbocycles. The first kappa shape index (κ1) is 11.7. The summed E-state index contributed by atoms with van der Waals surface area (Å²) in [7, 11) is 0. The highest BCUT2D eigenvalue weighted by molar-refractivity contribution is 6.18. The quantitative estimate of drug-likeness (QED) is 0.647. The Hall–Kier alpha value is 0.210. The van der Waals surface area contributed by atoms with E-state index in [9.17, 15) is 0 Å². The summed E-state index contributed by atoms with van der Waals surface area (Å²) in [5, 5.41) is 0. The molecule has 0 amide bonds. The molecule has 0 aromatic rings. The van der Waals surface area contributed by atoms with Gasteiger partial charge in [-0.25, -0.2) is 0 Å². The molecule has 0 bridgehead atoms. The molecule has 15 heavy (non-hydrogen) atoms. The fourth-order valence-electron chi connectivity index (χ4n) is 2.90. The van der Waals surface area contributed by atoms with E-state index in [0.717, 1.165) is 6.42 Å². The van der Waals surface area contributed by atoms with E-state index in [-0.39, 0.29) is 11.9 Å². The van der Waals surface area contributed by atoms with Gasteiger partial charge in [0, 0.05) is 12.3 Å². The Balaban J connectivity index is 2.05. The lowest BCUT2D eigenvalue weighted by molar-refractivity contribution is -0.228. The van der Waals surface area contributed by atoms with Gasteiger partial charge in [-0.05, 0) is 18.3 Å². The zero-order valence-electron chi connectivity index (χ0n) is 9.88. The van der Waals surface area contributed by atoms with Gasteiger partial charge in [0.1, 0.15) is 0 Å². The molecule has 1 aliphatic carbocycles. The van der Waals surface area contributed by atoms with Crippen LogP contribution in [-0.4, -0.2) is 24.4 Å². The molecule has 2 aliphatic rings. The Morgan fingerprint density at radius 1 is 1.33 bits per heavy atom. The van der Waals surface area contributed by atoms with Crippen LogP contribution in [0.1, 0.15) is 40.0 Å². The molecular formula is C12H21ClO2. The van der Waals surface area contributed by atoms with Crippen LogP contribution in [0.5, 0.6) is 0 Å². The summed E-state index contributed by atoms with van der Waals surface area (Å²) in [4.78, 5) is 0. The Morgan fingerprint density at radius 2 is 2.07 bits per heavy atom. The van der Waals surface area contributed by atoms with Gasteiger partial charge in [0.2, 0.25) is 0 Å². The second-order valence-electron chi connectivity index (χ2n) is 5.79. The topological polar surface area (TPSA) is 18.5 Å². The third-order valence-electron chi connectivity index (χ3n) is 3.81. The van der Waals surface area contributed by atoms with Crippen molar-refractivity contribution < 1.29 is 9.47 Å². The number of rotatable bonds is 1. The molecule has 3 heteroatoms. The zero-order chi connectivity index (χ0) is 11.1. The molecule has 3 atom stereocenters. The second kappa shape index (κ2) is 3.90. The van der Waals surface area contributed by atoms with Crippen LogP contribution in [0.3, 0.4) is 0 Å². The molecule has 1 spiro atoms. The van der Waals surface area contributed by atoms with E-state index < -0.39 is 0 Å². The van der Waals surface area contributed by atoms with Gasteiger partial charge >= 0.3 is 0 Å². The van der Waals surface area contributed by atoms with Crippen molar-refractivity contribution in [2.45, 2.75) is 51.9 Å². The highest BCUT2D eigenvalue weighted by atomic mass is 35.5. The highest BCUT2D eigenvalue weighted by Gasteiger charge is 2.50. The predicted octanol–water partition coefficient (Wildman–Crippen LogP) is 3.18. The molecule has 2 fully saturated rings. The fraction of sp³-hybridized carbons (Fsp3) is 1.00. The predicted molar refractivity (Wildman–Crippen MR) is 61.1 cm³/mol. The summed E-state index contributed by atoms with van der Waals surface area (Å²) < 4.78 is 11.9. The normalized spacial score (nSPS) is 44.8. The van der Waals surface area contributed by atoms with E-state index in [1.165, 1.54) is 12.8 Å². The van der Waals surface area contributed by atoms with Crippen LogP contribution in [0.2, 0.25) is 0 Å². The molecule has 1 heterocycles. The first-order valence-corrected chi connectivity index (χ1v) is 6.39. The molecule has 3 unspecified atom stereocenters. The second-order valence-corrected chi connectivity index (χ2v) is 6.09. The fourth-order valence-corrected chi connectivity index (χ4v) is 3.05. The van der Waals surface area contributed by atoms with Crippen LogP contribution in [0.25, 0.3) is 0 Å². The Labute approximate surface area is 97.3 Å². The van der Waals surface area contributed by atoms with Gasteiger partial charge in [-0.15, -0.1) is 11.6 Å². The molecule has 1 saturated carbocycles. The summed E-state index contributed by atoms with van der Waals surface area (Å²) in [6.07, 6.45) is 3.44. The van der Waals surface area contributed by atoms with E-state index in [2.05, 4.69) is 20.8 Å². The third-order valence-corrected chi connectivity index (χ3v) is 4.16. The van der Waals surface area contributed by atoms with Crippen LogP contribution in [0.15, 0.2) is 0 Å². The Kier molecular flexibility index (Phi) is 3.04. The minimum absolute atomic E-state index is 0.0929. The molecule has 0 aromatic heterocycles. The van der Waals surface area contributed by atoms with E-state index in [0.29, 0.717) is 23.8 Å². The van der Waals surface area contributed by atoms with Crippen LogP contribution in [0.4, 0.5) is 0 Å². The number of hydrogen-bond acceptors (Lipinski definition) is 2. The van der Waals surface area contributed by atoms with E-state index in [4.69, 9.17) is 21.1 Å². The summed E-state index contributed by atoms with van der Waals surface area (Å²) in [5.74, 6) is 0.682. The molecule has 88 valence electrons. The maximum Gasteiger partial charge on any atom is 0.171 e. The van der Waals surface area contributed by atoms with Gasteiger partial charge in [-0.3, -0.25) is 0 Å². The van der Waals surface area contributed by atoms with Crippen molar-refractivity contribution in [3.63, 3.8) is 0 Å². The van der Waals surface area contributed by atoms with Crippen molar-refractivity contribution in [3.05, 3.63) is 0 Å². The first-order valence-electron chi connectivity index (χ1n) is 5.85. The minimum atomic E-state index is -0.324. The summed E-state index contributed by atoms with van der Waals surface area (Å²) in [6, 6.07) is 0. The van der Waals surface area contributed by atoms with Crippen LogP contribution in [0, 0.1) is 11.3 Å². The van der Waals surface area contributed by atoms with Gasteiger partial charge in [0.15, 0.2) is 5.79 Å². The number of ether oxygens (including phenoxy) is 2. The molecule has 1 saturated heterocycles. The SMILES string of the molecule is CC1CC(C)(C)CCC12OCC(CCl)O2. The first-order chi connectivity index (χ1) is 6.97. The molecule has 0 radical (unpaired) electrons. The van der Waals surface area contributed by atoms with E-state index >= 15 is 0 Å². The molecule has 2 rings (SSSR count). The van der Waals surface area contributed by atoms with Gasteiger partial charge in [-0.1, -0.05) is 20.8 Å². The van der Waals surface area contributed by atoms with Gasteiger partial charge < -0.3 is 9.47 Å². The van der Waals surface area contributed by atoms with Crippen molar-refractivity contribution in [2.24, 2.45) is 11.3 Å². The van der Waals surface area contributed by atoms with Gasteiger partial charge in [0.05, 0.1) is 18.6 Å². The lowest BCUT2D eigenvalue weighted by atomic mass is 9.70. The minimum Gasteiger partial charge on any atom is -0.347 e. The smallest absolute Gasteiger partial charge is 0.171 e. The van der Waals surface area contributed by atoms with Crippen LogP contribution < -0.4 is 0 Å². The monoisotopic (exact) mass is 232 g/mol. The van der Waals surface area contributed by atoms with Crippen LogP contribution in [-0.2, 0) is 9.47 Å². The lowest BCUT2D eigenvalue weighted by Gasteiger charge is -2.44. The molecule has 0 N–H and O–H groups in total. The zero-order valence-corrected chi connectivity index (χ0v) is 10.6. The maximum absolute atomic E-state index is 5.99. The highest BCUT2D eigenvalue weighted by Crippen LogP contribution is 2.48. The third kappa shape index (κ3) is 2.17. The maximum atomic E-state index is 5.99. The molecule has 1 aliphatic heterocycles. The van der Waals surface area contributed by atoms with Gasteiger partial charge in [-0.2, -0.15) is 0 Å². The van der Waals surface area contributed by atoms with Crippen molar-refractivity contribution in [2.75, 3.05) is 12.5 Å². The average Bonchev–Trinajstić information content (AvgIpc) is 2.57. The lowest BCUT2D eigenvalue weighted by Crippen LogP contribution is -2.45. The van der Waals surface area contributed by atoms with Crippen molar-refractivity contribution in [1.29, 1.82) is 0 Å². The molecule has 2 nitrogen and oxygen atoms in total. The standard InChI is InChI=1S/C12H21ClO2/c1-9-6-11(2,3)4-5-12(9)14-8-10(7-13)15-12/h9-10H,4-8H2,1-3H3. The average molecular weight is 233 g/mol. The summed E-state index contributed by atoms with van der Waals surface area (Å²) >= 11 is 5.81. The van der Waals surface area contributed by atoms with E-state index in [1.54, 1.807) is 0 Å². The van der Waals surface area contributed by atoms with Crippen molar-refractivity contribution in [1.82, 2.24) is 0 Å². The Bertz CT molecular complexity index is 242. The number of hydrogen-bond donors (Lipinski definition) is 0.